The minimum atomic E-state index is -1.08. The monoisotopic (exact) mass is 278 g/mol. The Balaban J connectivity index is 2.62. The Morgan fingerprint density at radius 1 is 1.20 bits per heavy atom. The van der Waals surface area contributed by atoms with Crippen LogP contribution in [-0.2, 0) is 20.7 Å². The van der Waals surface area contributed by atoms with E-state index in [1.165, 1.54) is 7.11 Å². The Bertz CT molecular complexity index is 439. The molecule has 0 spiro atoms. The highest BCUT2D eigenvalue weighted by atomic mass is 16.5. The fraction of sp³-hybridized carbons (Fsp3) is 0.500. The second-order valence-electron chi connectivity index (χ2n) is 5.25. The van der Waals surface area contributed by atoms with Crippen molar-refractivity contribution < 1.29 is 19.4 Å². The van der Waals surface area contributed by atoms with Crippen LogP contribution in [0, 0.1) is 11.8 Å². The van der Waals surface area contributed by atoms with Gasteiger partial charge in [-0.1, -0.05) is 44.2 Å². The number of carbonyl (C=O) groups is 2. The number of ketones is 1. The van der Waals surface area contributed by atoms with Crippen LogP contribution < -0.4 is 0 Å². The number of Topliss-reactive ketones (excluding diaryl/α,β-unsaturated/α-hetero) is 1. The van der Waals surface area contributed by atoms with Crippen LogP contribution in [0.2, 0.25) is 0 Å². The number of rotatable bonds is 7. The van der Waals surface area contributed by atoms with Crippen LogP contribution in [0.4, 0.5) is 0 Å². The average molecular weight is 278 g/mol. The summed E-state index contributed by atoms with van der Waals surface area (Å²) in [6.45, 7) is 3.72. The maximum atomic E-state index is 12.0. The first-order chi connectivity index (χ1) is 9.45. The van der Waals surface area contributed by atoms with E-state index in [-0.39, 0.29) is 24.5 Å². The van der Waals surface area contributed by atoms with Crippen LogP contribution in [0.1, 0.15) is 25.8 Å². The van der Waals surface area contributed by atoms with Crippen molar-refractivity contribution in [1.82, 2.24) is 0 Å². The number of esters is 1. The summed E-state index contributed by atoms with van der Waals surface area (Å²) in [7, 11) is 1.31. The van der Waals surface area contributed by atoms with E-state index in [0.29, 0.717) is 0 Å². The molecule has 0 saturated heterocycles. The second kappa shape index (κ2) is 7.80. The molecule has 4 nitrogen and oxygen atoms in total. The Hall–Kier alpha value is -1.68. The Labute approximate surface area is 119 Å². The molecule has 4 heteroatoms. The highest BCUT2D eigenvalue weighted by molar-refractivity contribution is 5.87. The lowest BCUT2D eigenvalue weighted by Crippen LogP contribution is -2.30. The fourth-order valence-electron chi connectivity index (χ4n) is 2.05. The molecular formula is C16H22O4. The zero-order chi connectivity index (χ0) is 15.1. The number of aliphatic hydroxyl groups excluding tert-OH is 1. The average Bonchev–Trinajstić information content (AvgIpc) is 2.44. The van der Waals surface area contributed by atoms with Gasteiger partial charge in [-0.3, -0.25) is 9.59 Å². The quantitative estimate of drug-likeness (QED) is 0.775. The second-order valence-corrected chi connectivity index (χ2v) is 5.25. The molecule has 20 heavy (non-hydrogen) atoms. The third kappa shape index (κ3) is 4.78. The van der Waals surface area contributed by atoms with E-state index in [0.717, 1.165) is 5.56 Å². The van der Waals surface area contributed by atoms with Crippen molar-refractivity contribution >= 4 is 11.8 Å². The Morgan fingerprint density at radius 3 is 2.30 bits per heavy atom. The van der Waals surface area contributed by atoms with E-state index in [1.54, 1.807) is 0 Å². The van der Waals surface area contributed by atoms with E-state index < -0.39 is 18.0 Å². The highest BCUT2D eigenvalue weighted by Gasteiger charge is 2.28. The summed E-state index contributed by atoms with van der Waals surface area (Å²) >= 11 is 0. The lowest BCUT2D eigenvalue weighted by molar-refractivity contribution is -0.149. The highest BCUT2D eigenvalue weighted by Crippen LogP contribution is 2.19. The van der Waals surface area contributed by atoms with E-state index >= 15 is 0 Å². The molecule has 0 amide bonds. The molecular weight excluding hydrogens is 256 g/mol. The van der Waals surface area contributed by atoms with Crippen molar-refractivity contribution in [2.45, 2.75) is 32.8 Å². The number of aliphatic hydroxyl groups is 1. The number of benzene rings is 1. The zero-order valence-corrected chi connectivity index (χ0v) is 12.2. The van der Waals surface area contributed by atoms with Crippen molar-refractivity contribution in [3.63, 3.8) is 0 Å². The predicted molar refractivity (Wildman–Crippen MR) is 76.1 cm³/mol. The minimum absolute atomic E-state index is 0.00433. The molecule has 0 aliphatic carbocycles. The van der Waals surface area contributed by atoms with Gasteiger partial charge in [-0.2, -0.15) is 0 Å². The topological polar surface area (TPSA) is 63.6 Å². The maximum Gasteiger partial charge on any atom is 0.309 e. The molecule has 0 aliphatic rings. The van der Waals surface area contributed by atoms with Crippen LogP contribution in [0.25, 0.3) is 0 Å². The van der Waals surface area contributed by atoms with Gasteiger partial charge in [-0.15, -0.1) is 0 Å². The summed E-state index contributed by atoms with van der Waals surface area (Å²) in [5.74, 6) is -1.23. The van der Waals surface area contributed by atoms with Gasteiger partial charge in [0.2, 0.25) is 0 Å². The van der Waals surface area contributed by atoms with E-state index in [2.05, 4.69) is 0 Å². The van der Waals surface area contributed by atoms with Crippen LogP contribution in [0.3, 0.4) is 0 Å². The lowest BCUT2D eigenvalue weighted by atomic mass is 9.88. The number of hydrogen-bond acceptors (Lipinski definition) is 4. The largest absolute Gasteiger partial charge is 0.469 e. The molecule has 0 unspecified atom stereocenters. The molecule has 1 aromatic carbocycles. The number of carbonyl (C=O) groups excluding carboxylic acids is 2. The van der Waals surface area contributed by atoms with E-state index in [1.807, 2.05) is 44.2 Å². The minimum Gasteiger partial charge on any atom is -0.469 e. The van der Waals surface area contributed by atoms with Gasteiger partial charge in [-0.05, 0) is 11.5 Å². The van der Waals surface area contributed by atoms with Gasteiger partial charge in [0.05, 0.1) is 13.0 Å². The van der Waals surface area contributed by atoms with Crippen molar-refractivity contribution in [2.24, 2.45) is 11.8 Å². The molecule has 0 aliphatic heterocycles. The summed E-state index contributed by atoms with van der Waals surface area (Å²) < 4.78 is 4.70. The van der Waals surface area contributed by atoms with Crippen LogP contribution in [-0.4, -0.2) is 30.1 Å². The van der Waals surface area contributed by atoms with E-state index in [4.69, 9.17) is 4.74 Å². The zero-order valence-electron chi connectivity index (χ0n) is 12.2. The third-order valence-corrected chi connectivity index (χ3v) is 3.37. The molecule has 0 bridgehead atoms. The van der Waals surface area contributed by atoms with Gasteiger partial charge in [0.25, 0.3) is 0 Å². The number of ether oxygens (including phenoxy) is 1. The van der Waals surface area contributed by atoms with Crippen molar-refractivity contribution in [1.29, 1.82) is 0 Å². The summed E-state index contributed by atoms with van der Waals surface area (Å²) in [6, 6.07) is 9.31. The van der Waals surface area contributed by atoms with Crippen molar-refractivity contribution in [3.05, 3.63) is 35.9 Å². The van der Waals surface area contributed by atoms with Crippen LogP contribution in [0.5, 0.6) is 0 Å². The number of hydrogen-bond donors (Lipinski definition) is 1. The summed E-state index contributed by atoms with van der Waals surface area (Å²) in [5, 5.41) is 9.95. The molecule has 2 atom stereocenters. The molecule has 0 saturated carbocycles. The van der Waals surface area contributed by atoms with Crippen LogP contribution in [0.15, 0.2) is 30.3 Å². The molecule has 1 aromatic rings. The van der Waals surface area contributed by atoms with Gasteiger partial charge < -0.3 is 9.84 Å². The Kier molecular flexibility index (Phi) is 6.39. The first kappa shape index (κ1) is 16.4. The maximum absolute atomic E-state index is 12.0. The number of methoxy groups -OCH3 is 1. The fourth-order valence-corrected chi connectivity index (χ4v) is 2.05. The summed E-state index contributed by atoms with van der Waals surface area (Å²) in [4.78, 5) is 23.6. The Morgan fingerprint density at radius 2 is 1.80 bits per heavy atom. The lowest BCUT2D eigenvalue weighted by Gasteiger charge is -2.19. The standard InChI is InChI=1S/C16H22O4/c1-11(2)13(16(19)20-3)10-15(18)14(17)9-12-7-5-4-6-8-12/h4-8,11,13-14,17H,9-10H2,1-3H3/t13-,14-/m0/s1. The third-order valence-electron chi connectivity index (χ3n) is 3.37. The molecule has 1 rings (SSSR count). The van der Waals surface area contributed by atoms with Gasteiger partial charge in [0, 0.05) is 12.8 Å². The predicted octanol–water partition coefficient (Wildman–Crippen LogP) is 1.99. The van der Waals surface area contributed by atoms with Crippen molar-refractivity contribution in [2.75, 3.05) is 7.11 Å². The summed E-state index contributed by atoms with van der Waals surface area (Å²) in [5.41, 5.74) is 0.896. The normalized spacial score (nSPS) is 13.8. The van der Waals surface area contributed by atoms with Gasteiger partial charge >= 0.3 is 5.97 Å². The van der Waals surface area contributed by atoms with Gasteiger partial charge in [0.15, 0.2) is 5.78 Å². The summed E-state index contributed by atoms with van der Waals surface area (Å²) in [6.07, 6.45) is -0.799. The van der Waals surface area contributed by atoms with E-state index in [9.17, 15) is 14.7 Å². The molecule has 0 aromatic heterocycles. The first-order valence-electron chi connectivity index (χ1n) is 6.78. The molecule has 1 N–H and O–H groups in total. The van der Waals surface area contributed by atoms with Gasteiger partial charge in [0.1, 0.15) is 6.10 Å². The van der Waals surface area contributed by atoms with Gasteiger partial charge in [-0.25, -0.2) is 0 Å². The smallest absolute Gasteiger partial charge is 0.309 e. The molecule has 110 valence electrons. The van der Waals surface area contributed by atoms with Crippen LogP contribution >= 0.6 is 0 Å². The molecule has 0 fully saturated rings. The molecule has 0 heterocycles. The first-order valence-corrected chi connectivity index (χ1v) is 6.78. The van der Waals surface area contributed by atoms with Crippen molar-refractivity contribution in [3.8, 4) is 0 Å². The molecule has 0 radical (unpaired) electrons. The SMILES string of the molecule is COC(=O)[C@@H](CC(=O)[C@@H](O)Cc1ccccc1)C(C)C.